The van der Waals surface area contributed by atoms with Gasteiger partial charge in [-0.3, -0.25) is 0 Å². The number of unbranched alkanes of at least 4 members (excludes halogenated alkanes) is 3. The first-order valence-electron chi connectivity index (χ1n) is 13.6. The predicted molar refractivity (Wildman–Crippen MR) is 158 cm³/mol. The second-order valence-corrected chi connectivity index (χ2v) is 9.77. The first-order chi connectivity index (χ1) is 18.9. The maximum Gasteiger partial charge on any atom is 0.343 e. The van der Waals surface area contributed by atoms with E-state index in [2.05, 4.69) is 17.2 Å². The Balaban J connectivity index is 1.36. The summed E-state index contributed by atoms with van der Waals surface area (Å²) in [6.45, 7) is 8.86. The van der Waals surface area contributed by atoms with E-state index in [4.69, 9.17) is 9.47 Å². The number of nitrogens with zero attached hydrogens (tertiary/aromatic N) is 2. The van der Waals surface area contributed by atoms with Crippen LogP contribution in [0.2, 0.25) is 0 Å². The lowest BCUT2D eigenvalue weighted by Gasteiger charge is -2.11. The number of rotatable bonds is 11. The SMILES string of the molecule is CCCCCCOc1ccc(-c2ccc(C(=O)Oc3ccc(N=Nc4ccc(C)cc4)c(C)c3C)cc2)cc1. The molecular weight excluding hydrogens is 484 g/mol. The molecule has 0 unspecified atom stereocenters. The van der Waals surface area contributed by atoms with E-state index in [0.717, 1.165) is 52.4 Å². The summed E-state index contributed by atoms with van der Waals surface area (Å²) in [6, 6.07) is 27.0. The van der Waals surface area contributed by atoms with E-state index in [9.17, 15) is 4.79 Å². The van der Waals surface area contributed by atoms with Crippen molar-refractivity contribution in [1.82, 2.24) is 0 Å². The van der Waals surface area contributed by atoms with Crippen molar-refractivity contribution in [3.8, 4) is 22.6 Å². The molecule has 0 atom stereocenters. The van der Waals surface area contributed by atoms with Crippen LogP contribution in [0.1, 0.15) is 59.7 Å². The number of azo groups is 1. The molecule has 5 nitrogen and oxygen atoms in total. The molecule has 0 bridgehead atoms. The summed E-state index contributed by atoms with van der Waals surface area (Å²) in [6.07, 6.45) is 4.75. The van der Waals surface area contributed by atoms with Crippen molar-refractivity contribution < 1.29 is 14.3 Å². The Kier molecular flexibility index (Phi) is 9.63. The van der Waals surface area contributed by atoms with Crippen molar-refractivity contribution in [2.45, 2.75) is 53.4 Å². The monoisotopic (exact) mass is 520 g/mol. The number of hydrogen-bond donors (Lipinski definition) is 0. The average molecular weight is 521 g/mol. The van der Waals surface area contributed by atoms with Gasteiger partial charge in [-0.25, -0.2) is 4.79 Å². The Morgan fingerprint density at radius 3 is 2.03 bits per heavy atom. The second-order valence-electron chi connectivity index (χ2n) is 9.77. The lowest BCUT2D eigenvalue weighted by atomic mass is 10.0. The summed E-state index contributed by atoms with van der Waals surface area (Å²) in [7, 11) is 0. The Morgan fingerprint density at radius 2 is 1.36 bits per heavy atom. The Labute approximate surface area is 231 Å². The largest absolute Gasteiger partial charge is 0.494 e. The molecule has 0 aliphatic carbocycles. The molecule has 39 heavy (non-hydrogen) atoms. The van der Waals surface area contributed by atoms with Crippen molar-refractivity contribution in [3.63, 3.8) is 0 Å². The highest BCUT2D eigenvalue weighted by Crippen LogP contribution is 2.31. The molecule has 0 radical (unpaired) electrons. The molecular formula is C34H36N2O3. The van der Waals surface area contributed by atoms with Gasteiger partial charge in [0.05, 0.1) is 23.5 Å². The van der Waals surface area contributed by atoms with Crippen LogP contribution in [0.3, 0.4) is 0 Å². The molecule has 4 aromatic carbocycles. The molecule has 4 rings (SSSR count). The lowest BCUT2D eigenvalue weighted by Crippen LogP contribution is -2.09. The lowest BCUT2D eigenvalue weighted by molar-refractivity contribution is 0.0733. The molecule has 0 aliphatic heterocycles. The third-order valence-corrected chi connectivity index (χ3v) is 6.79. The highest BCUT2D eigenvalue weighted by molar-refractivity contribution is 5.92. The van der Waals surface area contributed by atoms with Crippen LogP contribution in [-0.2, 0) is 0 Å². The summed E-state index contributed by atoms with van der Waals surface area (Å²) in [5.74, 6) is 0.995. The van der Waals surface area contributed by atoms with E-state index in [1.807, 2.05) is 87.5 Å². The molecule has 0 saturated heterocycles. The van der Waals surface area contributed by atoms with Gasteiger partial charge in [-0.15, -0.1) is 0 Å². The van der Waals surface area contributed by atoms with Crippen LogP contribution < -0.4 is 9.47 Å². The molecule has 5 heteroatoms. The zero-order valence-corrected chi connectivity index (χ0v) is 23.2. The van der Waals surface area contributed by atoms with Gasteiger partial charge in [0.2, 0.25) is 0 Å². The molecule has 0 saturated carbocycles. The Morgan fingerprint density at radius 1 is 0.692 bits per heavy atom. The van der Waals surface area contributed by atoms with Gasteiger partial charge in [0, 0.05) is 0 Å². The fraction of sp³-hybridized carbons (Fsp3) is 0.265. The molecule has 200 valence electrons. The van der Waals surface area contributed by atoms with Gasteiger partial charge in [0.1, 0.15) is 11.5 Å². The molecule has 0 aliphatic rings. The van der Waals surface area contributed by atoms with Crippen molar-refractivity contribution in [2.24, 2.45) is 10.2 Å². The summed E-state index contributed by atoms with van der Waals surface area (Å²) in [5.41, 5.74) is 7.06. The van der Waals surface area contributed by atoms with Crippen molar-refractivity contribution >= 4 is 17.3 Å². The maximum absolute atomic E-state index is 12.9. The zero-order valence-electron chi connectivity index (χ0n) is 23.2. The smallest absolute Gasteiger partial charge is 0.343 e. The van der Waals surface area contributed by atoms with Gasteiger partial charge >= 0.3 is 5.97 Å². The molecule has 0 aromatic heterocycles. The van der Waals surface area contributed by atoms with E-state index in [1.54, 1.807) is 18.2 Å². The van der Waals surface area contributed by atoms with Gasteiger partial charge in [0.15, 0.2) is 0 Å². The molecule has 0 heterocycles. The first kappa shape index (κ1) is 27.8. The summed E-state index contributed by atoms with van der Waals surface area (Å²) in [4.78, 5) is 12.9. The number of aryl methyl sites for hydroxylation is 1. The van der Waals surface area contributed by atoms with Crippen LogP contribution in [0, 0.1) is 20.8 Å². The first-order valence-corrected chi connectivity index (χ1v) is 13.6. The maximum atomic E-state index is 12.9. The third-order valence-electron chi connectivity index (χ3n) is 6.79. The number of esters is 1. The standard InChI is InChI=1S/C34H36N2O3/c1-5-6-7-8-23-38-31-19-15-28(16-20-31)27-11-13-29(14-12-27)34(37)39-33-22-21-32(25(3)26(33)4)36-35-30-17-9-24(2)10-18-30/h9-22H,5-8,23H2,1-4H3. The minimum Gasteiger partial charge on any atom is -0.494 e. The summed E-state index contributed by atoms with van der Waals surface area (Å²) in [5, 5.41) is 8.72. The molecule has 0 fully saturated rings. The zero-order chi connectivity index (χ0) is 27.6. The van der Waals surface area contributed by atoms with Crippen LogP contribution >= 0.6 is 0 Å². The normalized spacial score (nSPS) is 11.1. The van der Waals surface area contributed by atoms with Crippen LogP contribution in [0.5, 0.6) is 11.5 Å². The van der Waals surface area contributed by atoms with Crippen LogP contribution in [-0.4, -0.2) is 12.6 Å². The Hall–Kier alpha value is -4.25. The highest BCUT2D eigenvalue weighted by atomic mass is 16.5. The number of ether oxygens (including phenoxy) is 2. The molecule has 0 N–H and O–H groups in total. The quantitative estimate of drug-likeness (QED) is 0.0855. The van der Waals surface area contributed by atoms with E-state index in [0.29, 0.717) is 11.3 Å². The second kappa shape index (κ2) is 13.5. The van der Waals surface area contributed by atoms with Crippen LogP contribution in [0.4, 0.5) is 11.4 Å². The molecule has 4 aromatic rings. The van der Waals surface area contributed by atoms with E-state index < -0.39 is 5.97 Å². The fourth-order valence-electron chi connectivity index (χ4n) is 4.14. The topological polar surface area (TPSA) is 60.2 Å². The van der Waals surface area contributed by atoms with Gasteiger partial charge < -0.3 is 9.47 Å². The van der Waals surface area contributed by atoms with E-state index in [-0.39, 0.29) is 0 Å². The van der Waals surface area contributed by atoms with E-state index >= 15 is 0 Å². The third kappa shape index (κ3) is 7.64. The van der Waals surface area contributed by atoms with Crippen LogP contribution in [0.25, 0.3) is 11.1 Å². The summed E-state index contributed by atoms with van der Waals surface area (Å²) >= 11 is 0. The van der Waals surface area contributed by atoms with Gasteiger partial charge in [-0.2, -0.15) is 10.2 Å². The number of benzene rings is 4. The van der Waals surface area contributed by atoms with Crippen molar-refractivity contribution in [1.29, 1.82) is 0 Å². The average Bonchev–Trinajstić information content (AvgIpc) is 2.96. The van der Waals surface area contributed by atoms with Crippen molar-refractivity contribution in [2.75, 3.05) is 6.61 Å². The minimum absolute atomic E-state index is 0.398. The fourth-order valence-corrected chi connectivity index (χ4v) is 4.14. The van der Waals surface area contributed by atoms with Gasteiger partial charge in [-0.05, 0) is 98.0 Å². The minimum atomic E-state index is -0.398. The predicted octanol–water partition coefficient (Wildman–Crippen LogP) is 9.87. The van der Waals surface area contributed by atoms with E-state index in [1.165, 1.54) is 24.8 Å². The van der Waals surface area contributed by atoms with Crippen LogP contribution in [0.15, 0.2) is 95.2 Å². The number of carbonyl (C=O) groups is 1. The highest BCUT2D eigenvalue weighted by Gasteiger charge is 2.13. The summed E-state index contributed by atoms with van der Waals surface area (Å²) < 4.78 is 11.6. The molecule has 0 spiro atoms. The number of hydrogen-bond acceptors (Lipinski definition) is 5. The number of carbonyl (C=O) groups excluding carboxylic acids is 1. The Bertz CT molecular complexity index is 1410. The van der Waals surface area contributed by atoms with Gasteiger partial charge in [-0.1, -0.05) is 68.1 Å². The van der Waals surface area contributed by atoms with Crippen molar-refractivity contribution in [3.05, 3.63) is 107 Å². The van der Waals surface area contributed by atoms with Gasteiger partial charge in [0.25, 0.3) is 0 Å². The molecule has 0 amide bonds.